The molecule has 0 unspecified atom stereocenters. The summed E-state index contributed by atoms with van der Waals surface area (Å²) in [6, 6.07) is -0.790. The summed E-state index contributed by atoms with van der Waals surface area (Å²) < 4.78 is 33.1. The zero-order valence-corrected chi connectivity index (χ0v) is 16.4. The molecule has 1 fully saturated rings. The van der Waals surface area contributed by atoms with Gasteiger partial charge in [0.2, 0.25) is 15.9 Å². The molecule has 0 bridgehead atoms. The van der Waals surface area contributed by atoms with Crippen LogP contribution >= 0.6 is 0 Å². The lowest BCUT2D eigenvalue weighted by Crippen LogP contribution is -2.54. The van der Waals surface area contributed by atoms with Crippen molar-refractivity contribution in [3.05, 3.63) is 11.5 Å². The van der Waals surface area contributed by atoms with Crippen molar-refractivity contribution in [2.45, 2.75) is 45.1 Å². The highest BCUT2D eigenvalue weighted by Crippen LogP contribution is 2.20. The second-order valence-corrected chi connectivity index (χ2v) is 8.74. The van der Waals surface area contributed by atoms with Crippen molar-refractivity contribution < 1.29 is 17.7 Å². The number of aromatic nitrogens is 1. The SMILES string of the molecule is Cc1noc(C)c1S(=O)(=O)N[C@H](CC(C)C)C(=O)N1CCN(C)CC1. The number of rotatable bonds is 6. The molecule has 0 spiro atoms. The summed E-state index contributed by atoms with van der Waals surface area (Å²) in [6.45, 7) is 9.85. The van der Waals surface area contributed by atoms with Crippen molar-refractivity contribution in [2.75, 3.05) is 33.2 Å². The second-order valence-electron chi connectivity index (χ2n) is 7.09. The molecule has 1 amide bonds. The van der Waals surface area contributed by atoms with Gasteiger partial charge in [0.1, 0.15) is 16.6 Å². The van der Waals surface area contributed by atoms with Crippen LogP contribution in [0.15, 0.2) is 9.42 Å². The molecular formula is C16H28N4O4S. The van der Waals surface area contributed by atoms with Crippen molar-refractivity contribution >= 4 is 15.9 Å². The van der Waals surface area contributed by atoms with Crippen molar-refractivity contribution in [2.24, 2.45) is 5.92 Å². The largest absolute Gasteiger partial charge is 0.360 e. The number of hydrogen-bond donors (Lipinski definition) is 1. The minimum absolute atomic E-state index is 0.0208. The molecule has 1 aromatic heterocycles. The number of sulfonamides is 1. The van der Waals surface area contributed by atoms with E-state index in [9.17, 15) is 13.2 Å². The monoisotopic (exact) mass is 372 g/mol. The lowest BCUT2D eigenvalue weighted by atomic mass is 10.0. The van der Waals surface area contributed by atoms with Gasteiger partial charge in [-0.25, -0.2) is 8.42 Å². The average molecular weight is 372 g/mol. The molecule has 25 heavy (non-hydrogen) atoms. The predicted octanol–water partition coefficient (Wildman–Crippen LogP) is 0.758. The topological polar surface area (TPSA) is 95.8 Å². The summed E-state index contributed by atoms with van der Waals surface area (Å²) >= 11 is 0. The normalized spacial score (nSPS) is 17.9. The van der Waals surface area contributed by atoms with Gasteiger partial charge in [0.15, 0.2) is 5.76 Å². The lowest BCUT2D eigenvalue weighted by molar-refractivity contribution is -0.135. The first-order valence-electron chi connectivity index (χ1n) is 8.54. The molecule has 8 nitrogen and oxygen atoms in total. The van der Waals surface area contributed by atoms with Crippen LogP contribution in [-0.4, -0.2) is 68.5 Å². The average Bonchev–Trinajstić information content (AvgIpc) is 2.85. The zero-order valence-electron chi connectivity index (χ0n) is 15.6. The summed E-state index contributed by atoms with van der Waals surface area (Å²) in [5, 5.41) is 3.70. The van der Waals surface area contributed by atoms with Crippen LogP contribution in [0.1, 0.15) is 31.7 Å². The number of amides is 1. The van der Waals surface area contributed by atoms with E-state index in [2.05, 4.69) is 14.8 Å². The third-order valence-corrected chi connectivity index (χ3v) is 6.07. The minimum Gasteiger partial charge on any atom is -0.360 e. The molecule has 1 aliphatic rings. The molecule has 0 aliphatic carbocycles. The van der Waals surface area contributed by atoms with Crippen molar-refractivity contribution in [1.29, 1.82) is 0 Å². The molecule has 142 valence electrons. The van der Waals surface area contributed by atoms with Crippen LogP contribution in [0, 0.1) is 19.8 Å². The highest BCUT2D eigenvalue weighted by atomic mass is 32.2. The smallest absolute Gasteiger partial charge is 0.246 e. The summed E-state index contributed by atoms with van der Waals surface area (Å²) in [4.78, 5) is 16.8. The zero-order chi connectivity index (χ0) is 18.8. The predicted molar refractivity (Wildman–Crippen MR) is 93.6 cm³/mol. The van der Waals surface area contributed by atoms with Gasteiger partial charge in [-0.1, -0.05) is 19.0 Å². The van der Waals surface area contributed by atoms with Crippen LogP contribution in [0.4, 0.5) is 0 Å². The fraction of sp³-hybridized carbons (Fsp3) is 0.750. The minimum atomic E-state index is -3.88. The number of nitrogens with zero attached hydrogens (tertiary/aromatic N) is 3. The van der Waals surface area contributed by atoms with Crippen molar-refractivity contribution in [3.63, 3.8) is 0 Å². The van der Waals surface area contributed by atoms with Gasteiger partial charge in [-0.2, -0.15) is 4.72 Å². The summed E-state index contributed by atoms with van der Waals surface area (Å²) in [7, 11) is -1.87. The second kappa shape index (κ2) is 7.84. The van der Waals surface area contributed by atoms with Gasteiger partial charge >= 0.3 is 0 Å². The highest BCUT2D eigenvalue weighted by Gasteiger charge is 2.33. The first-order chi connectivity index (χ1) is 11.6. The van der Waals surface area contributed by atoms with Crippen LogP contribution in [-0.2, 0) is 14.8 Å². The van der Waals surface area contributed by atoms with Crippen LogP contribution in [0.5, 0.6) is 0 Å². The van der Waals surface area contributed by atoms with Gasteiger partial charge in [0, 0.05) is 26.2 Å². The van der Waals surface area contributed by atoms with Gasteiger partial charge in [0.05, 0.1) is 0 Å². The van der Waals surface area contributed by atoms with Crippen LogP contribution in [0.3, 0.4) is 0 Å². The maximum absolute atomic E-state index is 12.9. The molecule has 1 N–H and O–H groups in total. The molecule has 0 aromatic carbocycles. The lowest BCUT2D eigenvalue weighted by Gasteiger charge is -2.35. The number of carbonyl (C=O) groups is 1. The molecule has 2 heterocycles. The quantitative estimate of drug-likeness (QED) is 0.792. The first-order valence-corrected chi connectivity index (χ1v) is 10.0. The third-order valence-electron chi connectivity index (χ3n) is 4.35. The number of hydrogen-bond acceptors (Lipinski definition) is 6. The van der Waals surface area contributed by atoms with E-state index in [-0.39, 0.29) is 22.5 Å². The van der Waals surface area contributed by atoms with E-state index >= 15 is 0 Å². The Kier molecular flexibility index (Phi) is 6.23. The Morgan fingerprint density at radius 3 is 2.32 bits per heavy atom. The molecule has 1 saturated heterocycles. The maximum Gasteiger partial charge on any atom is 0.246 e. The van der Waals surface area contributed by atoms with E-state index in [4.69, 9.17) is 4.52 Å². The van der Waals surface area contributed by atoms with Gasteiger partial charge in [0.25, 0.3) is 0 Å². The number of piperazine rings is 1. The van der Waals surface area contributed by atoms with Crippen LogP contribution in [0.2, 0.25) is 0 Å². The Morgan fingerprint density at radius 1 is 1.24 bits per heavy atom. The Bertz CT molecular complexity index is 686. The highest BCUT2D eigenvalue weighted by molar-refractivity contribution is 7.89. The number of carbonyl (C=O) groups excluding carboxylic acids is 1. The fourth-order valence-corrected chi connectivity index (χ4v) is 4.55. The molecule has 1 aromatic rings. The van der Waals surface area contributed by atoms with Crippen molar-refractivity contribution in [1.82, 2.24) is 19.7 Å². The number of aryl methyl sites for hydroxylation is 2. The van der Waals surface area contributed by atoms with Crippen molar-refractivity contribution in [3.8, 4) is 0 Å². The van der Waals surface area contributed by atoms with E-state index < -0.39 is 16.1 Å². The summed E-state index contributed by atoms with van der Waals surface area (Å²) in [6.07, 6.45) is 0.438. The van der Waals surface area contributed by atoms with Gasteiger partial charge in [-0.15, -0.1) is 0 Å². The number of nitrogens with one attached hydrogen (secondary N) is 1. The molecular weight excluding hydrogens is 344 g/mol. The molecule has 2 rings (SSSR count). The third kappa shape index (κ3) is 4.80. The van der Waals surface area contributed by atoms with E-state index in [0.717, 1.165) is 13.1 Å². The van der Waals surface area contributed by atoms with E-state index in [1.807, 2.05) is 20.9 Å². The summed E-state index contributed by atoms with van der Waals surface area (Å²) in [5.74, 6) is 0.228. The maximum atomic E-state index is 12.9. The first kappa shape index (κ1) is 19.9. The Morgan fingerprint density at radius 2 is 1.84 bits per heavy atom. The molecule has 9 heteroatoms. The van der Waals surface area contributed by atoms with E-state index in [1.54, 1.807) is 18.7 Å². The van der Waals surface area contributed by atoms with Gasteiger partial charge in [-0.05, 0) is 33.2 Å². The summed E-state index contributed by atoms with van der Waals surface area (Å²) in [5.41, 5.74) is 0.292. The standard InChI is InChI=1S/C16H28N4O4S/c1-11(2)10-14(16(21)20-8-6-19(5)7-9-20)18-25(22,23)15-12(3)17-24-13(15)4/h11,14,18H,6-10H2,1-5H3/t14-/m1/s1. The molecule has 0 radical (unpaired) electrons. The Hall–Kier alpha value is -1.45. The van der Waals surface area contributed by atoms with Gasteiger partial charge < -0.3 is 14.3 Å². The molecule has 1 atom stereocenters. The molecule has 0 saturated carbocycles. The Balaban J connectivity index is 2.21. The molecule has 1 aliphatic heterocycles. The van der Waals surface area contributed by atoms with Crippen LogP contribution in [0.25, 0.3) is 0 Å². The fourth-order valence-electron chi connectivity index (χ4n) is 3.02. The van der Waals surface area contributed by atoms with E-state index in [0.29, 0.717) is 25.2 Å². The Labute approximate surface area is 149 Å². The van der Waals surface area contributed by atoms with Gasteiger partial charge in [-0.3, -0.25) is 4.79 Å². The van der Waals surface area contributed by atoms with E-state index in [1.165, 1.54) is 0 Å². The van der Waals surface area contributed by atoms with Crippen LogP contribution < -0.4 is 4.72 Å². The number of likely N-dealkylation sites (N-methyl/N-ethyl adjacent to an activating group) is 1.